The van der Waals surface area contributed by atoms with Gasteiger partial charge < -0.3 is 15.8 Å². The quantitative estimate of drug-likeness (QED) is 0.594. The number of ether oxygens (including phenoxy) is 1. The summed E-state index contributed by atoms with van der Waals surface area (Å²) < 4.78 is 5.81. The van der Waals surface area contributed by atoms with Gasteiger partial charge in [-0.25, -0.2) is 0 Å². The summed E-state index contributed by atoms with van der Waals surface area (Å²) in [6.45, 7) is 2.55. The van der Waals surface area contributed by atoms with Crippen LogP contribution >= 0.6 is 0 Å². The SMILES string of the molecule is CC/C=C(/C(C#N)=C(/N)NC)c1ccc(OCc2ccccc2)cc1. The van der Waals surface area contributed by atoms with Crippen molar-refractivity contribution in [2.75, 3.05) is 7.05 Å². The zero-order chi connectivity index (χ0) is 18.1. The van der Waals surface area contributed by atoms with Gasteiger partial charge in [0.05, 0.1) is 5.57 Å². The fourth-order valence-corrected chi connectivity index (χ4v) is 2.43. The predicted octanol–water partition coefficient (Wildman–Crippen LogP) is 3.97. The van der Waals surface area contributed by atoms with Crippen LogP contribution in [0.1, 0.15) is 24.5 Å². The molecule has 4 nitrogen and oxygen atoms in total. The highest BCUT2D eigenvalue weighted by Crippen LogP contribution is 2.26. The second kappa shape index (κ2) is 9.19. The molecule has 0 saturated carbocycles. The Bertz CT molecular complexity index is 784. The first-order chi connectivity index (χ1) is 12.2. The van der Waals surface area contributed by atoms with Gasteiger partial charge in [-0.2, -0.15) is 5.26 Å². The summed E-state index contributed by atoms with van der Waals surface area (Å²) in [6, 6.07) is 19.9. The van der Waals surface area contributed by atoms with Crippen molar-refractivity contribution in [2.45, 2.75) is 20.0 Å². The van der Waals surface area contributed by atoms with Crippen LogP contribution in [0.3, 0.4) is 0 Å². The van der Waals surface area contributed by atoms with Crippen molar-refractivity contribution in [3.8, 4) is 11.8 Å². The molecule has 128 valence electrons. The maximum Gasteiger partial charge on any atom is 0.119 e. The van der Waals surface area contributed by atoms with Crippen molar-refractivity contribution in [3.05, 3.63) is 83.2 Å². The van der Waals surface area contributed by atoms with Gasteiger partial charge in [-0.1, -0.05) is 55.5 Å². The van der Waals surface area contributed by atoms with E-state index in [4.69, 9.17) is 10.5 Å². The molecule has 0 heterocycles. The van der Waals surface area contributed by atoms with Crippen LogP contribution in [-0.4, -0.2) is 7.05 Å². The Morgan fingerprint density at radius 2 is 1.84 bits per heavy atom. The maximum atomic E-state index is 9.46. The number of hydrogen-bond acceptors (Lipinski definition) is 4. The Balaban J connectivity index is 2.19. The predicted molar refractivity (Wildman–Crippen MR) is 101 cm³/mol. The molecule has 2 rings (SSSR count). The fraction of sp³-hybridized carbons (Fsp3) is 0.190. The minimum atomic E-state index is 0.367. The minimum absolute atomic E-state index is 0.367. The van der Waals surface area contributed by atoms with Gasteiger partial charge in [-0.15, -0.1) is 0 Å². The first kappa shape index (κ1) is 18.2. The van der Waals surface area contributed by atoms with Crippen molar-refractivity contribution >= 4 is 5.57 Å². The largest absolute Gasteiger partial charge is 0.489 e. The number of nitriles is 1. The van der Waals surface area contributed by atoms with Gasteiger partial charge in [0.2, 0.25) is 0 Å². The van der Waals surface area contributed by atoms with Crippen LogP contribution in [0.5, 0.6) is 5.75 Å². The summed E-state index contributed by atoms with van der Waals surface area (Å²) in [6.07, 6.45) is 2.81. The smallest absolute Gasteiger partial charge is 0.119 e. The number of rotatable bonds is 7. The van der Waals surface area contributed by atoms with Crippen LogP contribution in [0.15, 0.2) is 72.1 Å². The summed E-state index contributed by atoms with van der Waals surface area (Å²) in [5.41, 5.74) is 9.24. The van der Waals surface area contributed by atoms with E-state index in [1.165, 1.54) is 0 Å². The lowest BCUT2D eigenvalue weighted by Gasteiger charge is -2.11. The standard InChI is InChI=1S/C21H23N3O/c1-3-7-19(20(14-22)21(23)24-2)17-10-12-18(13-11-17)25-15-16-8-5-4-6-9-16/h4-13,24H,3,15,23H2,1-2H3/b19-7+,21-20-. The topological polar surface area (TPSA) is 71.1 Å². The van der Waals surface area contributed by atoms with Crippen molar-refractivity contribution in [3.63, 3.8) is 0 Å². The molecule has 0 saturated heterocycles. The average Bonchev–Trinajstić information content (AvgIpc) is 2.67. The van der Waals surface area contributed by atoms with E-state index >= 15 is 0 Å². The zero-order valence-corrected chi connectivity index (χ0v) is 14.6. The highest BCUT2D eigenvalue weighted by atomic mass is 16.5. The third kappa shape index (κ3) is 4.89. The third-order valence-electron chi connectivity index (χ3n) is 3.74. The lowest BCUT2D eigenvalue weighted by Crippen LogP contribution is -2.17. The molecule has 0 fully saturated rings. The monoisotopic (exact) mass is 333 g/mol. The molecule has 0 aliphatic rings. The minimum Gasteiger partial charge on any atom is -0.489 e. The molecule has 0 aromatic heterocycles. The molecular formula is C21H23N3O. The molecule has 0 spiro atoms. The molecule has 0 amide bonds. The van der Waals surface area contributed by atoms with Crippen molar-refractivity contribution in [2.24, 2.45) is 5.73 Å². The number of nitrogens with two attached hydrogens (primary N) is 1. The second-order valence-electron chi connectivity index (χ2n) is 5.48. The third-order valence-corrected chi connectivity index (χ3v) is 3.74. The molecule has 0 unspecified atom stereocenters. The molecule has 0 aliphatic heterocycles. The van der Waals surface area contributed by atoms with Gasteiger partial charge in [0, 0.05) is 7.05 Å². The van der Waals surface area contributed by atoms with Crippen LogP contribution in [-0.2, 0) is 6.61 Å². The first-order valence-corrected chi connectivity index (χ1v) is 8.24. The molecule has 25 heavy (non-hydrogen) atoms. The Hall–Kier alpha value is -3.19. The van der Waals surface area contributed by atoms with E-state index in [1.54, 1.807) is 7.05 Å². The van der Waals surface area contributed by atoms with Gasteiger partial charge in [0.25, 0.3) is 0 Å². The maximum absolute atomic E-state index is 9.46. The normalized spacial score (nSPS) is 12.1. The summed E-state index contributed by atoms with van der Waals surface area (Å²) in [7, 11) is 1.71. The van der Waals surface area contributed by atoms with Gasteiger partial charge in [0.15, 0.2) is 0 Å². The summed E-state index contributed by atoms with van der Waals surface area (Å²) in [4.78, 5) is 0. The first-order valence-electron chi connectivity index (χ1n) is 8.24. The van der Waals surface area contributed by atoms with Gasteiger partial charge in [-0.3, -0.25) is 0 Å². The fourth-order valence-electron chi connectivity index (χ4n) is 2.43. The van der Waals surface area contributed by atoms with Gasteiger partial charge in [-0.05, 0) is 35.3 Å². The number of allylic oxidation sites excluding steroid dienone is 3. The van der Waals surface area contributed by atoms with Crippen molar-refractivity contribution < 1.29 is 4.74 Å². The van der Waals surface area contributed by atoms with E-state index in [2.05, 4.69) is 11.4 Å². The average molecular weight is 333 g/mol. The lowest BCUT2D eigenvalue weighted by atomic mass is 9.97. The molecule has 0 atom stereocenters. The van der Waals surface area contributed by atoms with Crippen LogP contribution in [0.4, 0.5) is 0 Å². The Morgan fingerprint density at radius 3 is 2.40 bits per heavy atom. The molecule has 4 heteroatoms. The van der Waals surface area contributed by atoms with Crippen LogP contribution in [0, 0.1) is 11.3 Å². The summed E-state index contributed by atoms with van der Waals surface area (Å²) in [5.74, 6) is 1.15. The molecule has 2 aromatic carbocycles. The van der Waals surface area contributed by atoms with Crippen molar-refractivity contribution in [1.82, 2.24) is 5.32 Å². The zero-order valence-electron chi connectivity index (χ0n) is 14.6. The second-order valence-corrected chi connectivity index (χ2v) is 5.48. The van der Waals surface area contributed by atoms with E-state index in [0.717, 1.165) is 28.9 Å². The number of nitrogens with zero attached hydrogens (tertiary/aromatic N) is 1. The molecule has 0 bridgehead atoms. The van der Waals surface area contributed by atoms with Crippen LogP contribution < -0.4 is 15.8 Å². The molecular weight excluding hydrogens is 310 g/mol. The Kier molecular flexibility index (Phi) is 6.67. The van der Waals surface area contributed by atoms with Gasteiger partial charge >= 0.3 is 0 Å². The highest BCUT2D eigenvalue weighted by Gasteiger charge is 2.11. The van der Waals surface area contributed by atoms with Crippen LogP contribution in [0.25, 0.3) is 5.57 Å². The number of benzene rings is 2. The Morgan fingerprint density at radius 1 is 1.16 bits per heavy atom. The van der Waals surface area contributed by atoms with Crippen LogP contribution in [0.2, 0.25) is 0 Å². The van der Waals surface area contributed by atoms with E-state index in [9.17, 15) is 5.26 Å². The summed E-state index contributed by atoms with van der Waals surface area (Å²) >= 11 is 0. The summed E-state index contributed by atoms with van der Waals surface area (Å²) in [5, 5.41) is 12.3. The highest BCUT2D eigenvalue weighted by molar-refractivity contribution is 5.83. The number of hydrogen-bond donors (Lipinski definition) is 2. The van der Waals surface area contributed by atoms with E-state index < -0.39 is 0 Å². The molecule has 0 aliphatic carbocycles. The van der Waals surface area contributed by atoms with Gasteiger partial charge in [0.1, 0.15) is 24.2 Å². The molecule has 3 N–H and O–H groups in total. The van der Waals surface area contributed by atoms with E-state index in [0.29, 0.717) is 18.0 Å². The van der Waals surface area contributed by atoms with E-state index in [-0.39, 0.29) is 0 Å². The molecule has 2 aromatic rings. The number of nitrogens with one attached hydrogen (secondary N) is 1. The lowest BCUT2D eigenvalue weighted by molar-refractivity contribution is 0.306. The van der Waals surface area contributed by atoms with E-state index in [1.807, 2.05) is 67.6 Å². The Labute approximate surface area is 149 Å². The van der Waals surface area contributed by atoms with Crippen molar-refractivity contribution in [1.29, 1.82) is 5.26 Å². The molecule has 0 radical (unpaired) electrons.